The molecule has 26 heavy (non-hydrogen) atoms. The third-order valence-electron chi connectivity index (χ3n) is 4.02. The first kappa shape index (κ1) is 22.7. The number of hydrogen-bond donors (Lipinski definition) is 6. The van der Waals surface area contributed by atoms with E-state index < -0.39 is 43.2 Å². The summed E-state index contributed by atoms with van der Waals surface area (Å²) < 4.78 is 11.0. The van der Waals surface area contributed by atoms with Crippen LogP contribution in [0.1, 0.15) is 32.6 Å². The first-order valence-corrected chi connectivity index (χ1v) is 8.79. The molecule has 0 aromatic rings. The van der Waals surface area contributed by atoms with E-state index in [-0.39, 0.29) is 25.5 Å². The highest BCUT2D eigenvalue weighted by Crippen LogP contribution is 2.22. The molecule has 2 amide bonds. The van der Waals surface area contributed by atoms with Gasteiger partial charge in [-0.3, -0.25) is 9.59 Å². The highest BCUT2D eigenvalue weighted by molar-refractivity contribution is 5.75. The lowest BCUT2D eigenvalue weighted by molar-refractivity contribution is -0.270. The minimum absolute atomic E-state index is 0.0901. The van der Waals surface area contributed by atoms with Gasteiger partial charge in [0.25, 0.3) is 0 Å². The molecule has 0 radical (unpaired) electrons. The van der Waals surface area contributed by atoms with Gasteiger partial charge in [-0.1, -0.05) is 0 Å². The Kier molecular flexibility index (Phi) is 10.6. The van der Waals surface area contributed by atoms with Crippen molar-refractivity contribution in [3.63, 3.8) is 0 Å². The molecule has 1 fully saturated rings. The Labute approximate surface area is 152 Å². The van der Waals surface area contributed by atoms with Crippen molar-refractivity contribution in [3.05, 3.63) is 0 Å². The highest BCUT2D eigenvalue weighted by atomic mass is 16.7. The quantitative estimate of drug-likeness (QED) is 0.218. The van der Waals surface area contributed by atoms with Crippen LogP contribution in [-0.4, -0.2) is 89.2 Å². The van der Waals surface area contributed by atoms with Gasteiger partial charge in [0.1, 0.15) is 24.4 Å². The predicted molar refractivity (Wildman–Crippen MR) is 89.9 cm³/mol. The van der Waals surface area contributed by atoms with Gasteiger partial charge in [-0.2, -0.15) is 0 Å². The number of rotatable bonds is 11. The second-order valence-corrected chi connectivity index (χ2v) is 6.19. The maximum Gasteiger partial charge on any atom is 0.222 e. The first-order chi connectivity index (χ1) is 12.4. The molecule has 6 N–H and O–H groups in total. The third kappa shape index (κ3) is 7.52. The summed E-state index contributed by atoms with van der Waals surface area (Å²) in [6.45, 7) is 1.40. The van der Waals surface area contributed by atoms with Gasteiger partial charge >= 0.3 is 0 Å². The Hall–Kier alpha value is -1.30. The SMILES string of the molecule is CC(=O)N[C@@H]1C(O)[C@@H](O)[C@@H](CO)O[C@H]1OCCCCCNC(=O)CCO. The number of ether oxygens (including phenoxy) is 2. The number of unbranched alkanes of at least 4 members (excludes halogenated alkanes) is 2. The van der Waals surface area contributed by atoms with E-state index in [1.54, 1.807) is 0 Å². The fraction of sp³-hybridized carbons (Fsp3) is 0.875. The van der Waals surface area contributed by atoms with Gasteiger partial charge < -0.3 is 40.5 Å². The molecule has 1 aliphatic rings. The minimum Gasteiger partial charge on any atom is -0.396 e. The Balaban J connectivity index is 2.35. The van der Waals surface area contributed by atoms with Crippen LogP contribution in [-0.2, 0) is 19.1 Å². The van der Waals surface area contributed by atoms with Crippen molar-refractivity contribution in [2.75, 3.05) is 26.4 Å². The molecule has 0 spiro atoms. The maximum atomic E-state index is 11.3. The van der Waals surface area contributed by atoms with Crippen LogP contribution in [0.2, 0.25) is 0 Å². The lowest BCUT2D eigenvalue weighted by Crippen LogP contribution is -2.64. The van der Waals surface area contributed by atoms with Crippen LogP contribution in [0.5, 0.6) is 0 Å². The summed E-state index contributed by atoms with van der Waals surface area (Å²) in [5, 5.41) is 43.0. The Morgan fingerprint density at radius 2 is 1.85 bits per heavy atom. The van der Waals surface area contributed by atoms with Crippen LogP contribution in [0.4, 0.5) is 0 Å². The lowest BCUT2D eigenvalue weighted by Gasteiger charge is -2.42. The van der Waals surface area contributed by atoms with Crippen LogP contribution in [0.3, 0.4) is 0 Å². The van der Waals surface area contributed by atoms with E-state index in [1.165, 1.54) is 6.92 Å². The van der Waals surface area contributed by atoms with E-state index in [0.717, 1.165) is 12.8 Å². The number of amides is 2. The number of carbonyl (C=O) groups is 2. The van der Waals surface area contributed by atoms with Crippen molar-refractivity contribution < 1.29 is 39.5 Å². The van der Waals surface area contributed by atoms with Crippen molar-refractivity contribution in [2.45, 2.75) is 63.3 Å². The number of nitrogens with one attached hydrogen (secondary N) is 2. The van der Waals surface area contributed by atoms with Crippen LogP contribution in [0, 0.1) is 0 Å². The molecule has 1 aliphatic heterocycles. The molecule has 1 unspecified atom stereocenters. The molecular weight excluding hydrogens is 348 g/mol. The molecule has 0 aromatic carbocycles. The fourth-order valence-electron chi connectivity index (χ4n) is 2.63. The smallest absolute Gasteiger partial charge is 0.222 e. The summed E-state index contributed by atoms with van der Waals surface area (Å²) in [5.74, 6) is -0.598. The van der Waals surface area contributed by atoms with Crippen molar-refractivity contribution in [1.29, 1.82) is 0 Å². The van der Waals surface area contributed by atoms with E-state index in [1.807, 2.05) is 0 Å². The molecule has 0 bridgehead atoms. The maximum absolute atomic E-state index is 11.3. The first-order valence-electron chi connectivity index (χ1n) is 8.79. The minimum atomic E-state index is -1.33. The Bertz CT molecular complexity index is 436. The van der Waals surface area contributed by atoms with Crippen LogP contribution in [0.15, 0.2) is 0 Å². The monoisotopic (exact) mass is 378 g/mol. The number of aliphatic hydroxyl groups excluding tert-OH is 4. The number of hydrogen-bond acceptors (Lipinski definition) is 8. The standard InChI is InChI=1S/C16H30N2O8/c1-10(21)18-13-15(24)14(23)11(9-20)26-16(13)25-8-4-2-3-6-17-12(22)5-7-19/h11,13-16,19-20,23-24H,2-9H2,1H3,(H,17,22)(H,18,21)/t11-,13-,14+,15?,16-/m1/s1. The van der Waals surface area contributed by atoms with Gasteiger partial charge in [-0.05, 0) is 19.3 Å². The van der Waals surface area contributed by atoms with Gasteiger partial charge in [-0.25, -0.2) is 0 Å². The predicted octanol–water partition coefficient (Wildman–Crippen LogP) is -2.38. The van der Waals surface area contributed by atoms with Crippen LogP contribution in [0.25, 0.3) is 0 Å². The fourth-order valence-corrected chi connectivity index (χ4v) is 2.63. The second-order valence-electron chi connectivity index (χ2n) is 6.19. The topological polar surface area (TPSA) is 158 Å². The molecule has 0 aromatic heterocycles. The van der Waals surface area contributed by atoms with Crippen molar-refractivity contribution in [1.82, 2.24) is 10.6 Å². The van der Waals surface area contributed by atoms with E-state index >= 15 is 0 Å². The normalized spacial score (nSPS) is 28.6. The summed E-state index contributed by atoms with van der Waals surface area (Å²) in [6.07, 6.45) is -2.39. The average Bonchev–Trinajstić information content (AvgIpc) is 2.59. The van der Waals surface area contributed by atoms with Crippen LogP contribution < -0.4 is 10.6 Å². The zero-order valence-corrected chi connectivity index (χ0v) is 15.0. The summed E-state index contributed by atoms with van der Waals surface area (Å²) in [5.41, 5.74) is 0. The van der Waals surface area contributed by atoms with Crippen molar-refractivity contribution >= 4 is 11.8 Å². The molecular formula is C16H30N2O8. The van der Waals surface area contributed by atoms with Crippen LogP contribution >= 0.6 is 0 Å². The Morgan fingerprint density at radius 1 is 1.12 bits per heavy atom. The zero-order valence-electron chi connectivity index (χ0n) is 15.0. The largest absolute Gasteiger partial charge is 0.396 e. The van der Waals surface area contributed by atoms with E-state index in [2.05, 4.69) is 10.6 Å². The molecule has 152 valence electrons. The second kappa shape index (κ2) is 12.2. The summed E-state index contributed by atoms with van der Waals surface area (Å²) in [4.78, 5) is 22.5. The van der Waals surface area contributed by atoms with E-state index in [0.29, 0.717) is 13.0 Å². The third-order valence-corrected chi connectivity index (χ3v) is 4.02. The van der Waals surface area contributed by atoms with Gasteiger partial charge in [0.15, 0.2) is 6.29 Å². The molecule has 0 aliphatic carbocycles. The number of carbonyl (C=O) groups excluding carboxylic acids is 2. The van der Waals surface area contributed by atoms with Gasteiger partial charge in [0, 0.05) is 26.5 Å². The molecule has 1 saturated heterocycles. The molecule has 1 rings (SSSR count). The highest BCUT2D eigenvalue weighted by Gasteiger charge is 2.45. The zero-order chi connectivity index (χ0) is 19.5. The molecule has 5 atom stereocenters. The summed E-state index contributed by atoms with van der Waals surface area (Å²) in [7, 11) is 0. The summed E-state index contributed by atoms with van der Waals surface area (Å²) >= 11 is 0. The van der Waals surface area contributed by atoms with Gasteiger partial charge in [0.2, 0.25) is 11.8 Å². The average molecular weight is 378 g/mol. The molecule has 10 heteroatoms. The van der Waals surface area contributed by atoms with Gasteiger partial charge in [-0.15, -0.1) is 0 Å². The molecule has 0 saturated carbocycles. The summed E-state index contributed by atoms with van der Waals surface area (Å²) in [6, 6.07) is -0.942. The number of aliphatic hydroxyl groups is 4. The van der Waals surface area contributed by atoms with E-state index in [4.69, 9.17) is 14.6 Å². The van der Waals surface area contributed by atoms with Crippen molar-refractivity contribution in [2.24, 2.45) is 0 Å². The molecule has 1 heterocycles. The van der Waals surface area contributed by atoms with Gasteiger partial charge in [0.05, 0.1) is 13.2 Å². The molecule has 10 nitrogen and oxygen atoms in total. The Morgan fingerprint density at radius 3 is 2.46 bits per heavy atom. The van der Waals surface area contributed by atoms with E-state index in [9.17, 15) is 24.9 Å². The van der Waals surface area contributed by atoms with Crippen molar-refractivity contribution in [3.8, 4) is 0 Å². The lowest BCUT2D eigenvalue weighted by atomic mass is 9.97.